The predicted octanol–water partition coefficient (Wildman–Crippen LogP) is 1.53. The van der Waals surface area contributed by atoms with Gasteiger partial charge in [-0.3, -0.25) is 9.79 Å². The minimum absolute atomic E-state index is 0.413. The predicted molar refractivity (Wildman–Crippen MR) is 77.4 cm³/mol. The molecule has 9 heteroatoms. The van der Waals surface area contributed by atoms with E-state index >= 15 is 0 Å². The fraction of sp³-hybridized carbons (Fsp3) is 0.500. The minimum Gasteiger partial charge on any atom is -0.495 e. The number of primary amides is 1. The van der Waals surface area contributed by atoms with Crippen LogP contribution >= 0.6 is 0 Å². The van der Waals surface area contributed by atoms with E-state index < -0.39 is 59.3 Å². The number of pyridine rings is 1. The van der Waals surface area contributed by atoms with Gasteiger partial charge in [0.25, 0.3) is 11.8 Å². The van der Waals surface area contributed by atoms with Crippen LogP contribution in [0.2, 0.25) is 0 Å². The number of aromatic nitrogens is 1. The van der Waals surface area contributed by atoms with Crippen molar-refractivity contribution in [3.05, 3.63) is 23.5 Å². The Hall–Kier alpha value is -2.32. The van der Waals surface area contributed by atoms with Crippen LogP contribution in [0.4, 0.5) is 13.2 Å². The Morgan fingerprint density at radius 3 is 2.65 bits per heavy atom. The summed E-state index contributed by atoms with van der Waals surface area (Å²) in [5, 5.41) is 0. The number of nitrogens with two attached hydrogens (primary N) is 2. The summed E-state index contributed by atoms with van der Waals surface area (Å²) in [5.41, 5.74) is 4.52. The molecule has 1 aliphatic rings. The van der Waals surface area contributed by atoms with Gasteiger partial charge in [-0.25, -0.2) is 18.2 Å². The van der Waals surface area contributed by atoms with Crippen molar-refractivity contribution in [1.29, 1.82) is 0 Å². The molecule has 0 saturated heterocycles. The summed E-state index contributed by atoms with van der Waals surface area (Å²) in [4.78, 5) is 18.9. The molecular formula is C14H17F3N4O2. The number of methoxy groups -OCH3 is 1. The molecule has 0 aromatic carbocycles. The number of hydrogen-bond acceptors (Lipinski definition) is 5. The van der Waals surface area contributed by atoms with E-state index in [1.54, 1.807) is 0 Å². The van der Waals surface area contributed by atoms with Crippen LogP contribution < -0.4 is 16.2 Å². The molecule has 0 fully saturated rings. The van der Waals surface area contributed by atoms with Crippen LogP contribution in [-0.4, -0.2) is 35.4 Å². The summed E-state index contributed by atoms with van der Waals surface area (Å²) in [6.07, 6.45) is -0.443. The first kappa shape index (κ1) is 13.1. The number of amidine groups is 1. The third-order valence-corrected chi connectivity index (χ3v) is 3.88. The van der Waals surface area contributed by atoms with Crippen molar-refractivity contribution in [2.45, 2.75) is 37.4 Å². The summed E-state index contributed by atoms with van der Waals surface area (Å²) in [5.74, 6) is -6.04. The molecule has 23 heavy (non-hydrogen) atoms. The maximum atomic E-state index is 14.8. The Kier molecular flexibility index (Phi) is 2.92. The molecular weight excluding hydrogens is 313 g/mol. The summed E-state index contributed by atoms with van der Waals surface area (Å²) in [7, 11) is -2.89. The van der Waals surface area contributed by atoms with Gasteiger partial charge >= 0.3 is 0 Å². The smallest absolute Gasteiger partial charge is 0.280 e. The van der Waals surface area contributed by atoms with Crippen molar-refractivity contribution < 1.29 is 26.8 Å². The van der Waals surface area contributed by atoms with E-state index in [0.29, 0.717) is 0 Å². The van der Waals surface area contributed by atoms with Gasteiger partial charge in [-0.05, 0) is 19.9 Å². The zero-order valence-corrected chi connectivity index (χ0v) is 12.4. The lowest BCUT2D eigenvalue weighted by molar-refractivity contribution is -0.106. The molecule has 0 saturated carbocycles. The van der Waals surface area contributed by atoms with Crippen LogP contribution in [0, 0.1) is 0 Å². The van der Waals surface area contributed by atoms with Crippen LogP contribution in [0.1, 0.15) is 40.4 Å². The molecule has 2 heterocycles. The second kappa shape index (κ2) is 5.10. The zero-order valence-electron chi connectivity index (χ0n) is 15.4. The van der Waals surface area contributed by atoms with E-state index in [9.17, 15) is 18.0 Å². The van der Waals surface area contributed by atoms with E-state index in [4.69, 9.17) is 15.6 Å². The van der Waals surface area contributed by atoms with E-state index in [1.165, 1.54) is 0 Å². The van der Waals surface area contributed by atoms with Crippen LogP contribution in [-0.2, 0) is 5.54 Å². The van der Waals surface area contributed by atoms with Crippen molar-refractivity contribution in [2.75, 3.05) is 7.04 Å². The zero-order chi connectivity index (χ0) is 20.1. The maximum Gasteiger partial charge on any atom is 0.280 e. The summed E-state index contributed by atoms with van der Waals surface area (Å²) >= 11 is 0. The van der Waals surface area contributed by atoms with Crippen molar-refractivity contribution in [3.63, 3.8) is 0 Å². The van der Waals surface area contributed by atoms with Gasteiger partial charge in [-0.1, -0.05) is 0 Å². The number of hydrogen-bond donors (Lipinski definition) is 2. The largest absolute Gasteiger partial charge is 0.495 e. The monoisotopic (exact) mass is 333 g/mol. The lowest BCUT2D eigenvalue weighted by Gasteiger charge is -2.42. The van der Waals surface area contributed by atoms with Gasteiger partial charge in [0.2, 0.25) is 0 Å². The highest BCUT2D eigenvalue weighted by molar-refractivity contribution is 5.94. The Balaban J connectivity index is 2.73. The van der Waals surface area contributed by atoms with Crippen LogP contribution in [0.15, 0.2) is 17.3 Å². The van der Waals surface area contributed by atoms with Crippen molar-refractivity contribution in [1.82, 2.24) is 4.98 Å². The molecule has 1 amide bonds. The number of nitrogens with zero attached hydrogens (tertiary/aromatic N) is 2. The van der Waals surface area contributed by atoms with Crippen LogP contribution in [0.5, 0.6) is 5.75 Å². The highest BCUT2D eigenvalue weighted by atomic mass is 19.3. The average molecular weight is 333 g/mol. The third kappa shape index (κ3) is 2.60. The number of aliphatic imine (C=N–C) groups is 1. The van der Waals surface area contributed by atoms with E-state index in [1.807, 2.05) is 0 Å². The van der Waals surface area contributed by atoms with Crippen molar-refractivity contribution >= 4 is 11.7 Å². The molecule has 126 valence electrons. The van der Waals surface area contributed by atoms with E-state index in [2.05, 4.69) is 14.7 Å². The Morgan fingerprint density at radius 1 is 1.43 bits per heavy atom. The molecule has 1 aromatic rings. The molecule has 1 aromatic heterocycles. The fourth-order valence-electron chi connectivity index (χ4n) is 2.44. The normalized spacial score (nSPS) is 32.2. The van der Waals surface area contributed by atoms with Crippen LogP contribution in [0.25, 0.3) is 0 Å². The number of amides is 1. The Labute approximate surface area is 134 Å². The third-order valence-electron chi connectivity index (χ3n) is 3.88. The molecule has 1 aliphatic heterocycles. The average Bonchev–Trinajstić information content (AvgIpc) is 2.42. The van der Waals surface area contributed by atoms with Gasteiger partial charge in [0.05, 0.1) is 23.8 Å². The number of carbonyl (C=O) groups is 1. The van der Waals surface area contributed by atoms with Gasteiger partial charge in [0, 0.05) is 5.56 Å². The van der Waals surface area contributed by atoms with Gasteiger partial charge in [-0.15, -0.1) is 0 Å². The first-order valence-electron chi connectivity index (χ1n) is 8.01. The number of rotatable bonds is 3. The summed E-state index contributed by atoms with van der Waals surface area (Å²) in [6, 6.07) is 0.866. The SMILES string of the molecule is [2H]C([2H])([2H])Oc1cnc(C(N)=O)c([C@@]2(C)N=C(N)[C@@](C)(F)CC2(F)F)c1. The van der Waals surface area contributed by atoms with Gasteiger partial charge < -0.3 is 16.2 Å². The maximum absolute atomic E-state index is 14.8. The Morgan fingerprint density at radius 2 is 2.09 bits per heavy atom. The highest BCUT2D eigenvalue weighted by Gasteiger charge is 2.60. The molecule has 0 radical (unpaired) electrons. The topological polar surface area (TPSA) is 104 Å². The second-order valence-electron chi connectivity index (χ2n) is 5.68. The Bertz CT molecular complexity index is 783. The van der Waals surface area contributed by atoms with Gasteiger partial charge in [0.15, 0.2) is 11.2 Å². The lowest BCUT2D eigenvalue weighted by Crippen LogP contribution is -2.56. The standard InChI is InChI=1S/C14H17F3N4O2/c1-12(15)6-14(16,17)13(2,21-11(12)19)8-4-7(23-3)5-20-9(8)10(18)22/h4-5H,6H2,1-3H3,(H2,18,22)(H2,19,21)/t12-,13+/m0/s1/i3D3. The number of halogens is 3. The first-order chi connectivity index (χ1) is 11.6. The van der Waals surface area contributed by atoms with Gasteiger partial charge in [-0.2, -0.15) is 0 Å². The molecule has 4 N–H and O–H groups in total. The second-order valence-corrected chi connectivity index (χ2v) is 5.68. The molecule has 2 atom stereocenters. The van der Waals surface area contributed by atoms with Crippen molar-refractivity contribution in [3.8, 4) is 5.75 Å². The summed E-state index contributed by atoms with van der Waals surface area (Å²) < 4.78 is 69.7. The van der Waals surface area contributed by atoms with Gasteiger partial charge in [0.1, 0.15) is 17.3 Å². The molecule has 0 aliphatic carbocycles. The minimum atomic E-state index is -3.79. The molecule has 0 unspecified atom stereocenters. The molecule has 0 spiro atoms. The quantitative estimate of drug-likeness (QED) is 0.875. The number of alkyl halides is 3. The summed E-state index contributed by atoms with van der Waals surface area (Å²) in [6.45, 7) is 1.79. The molecule has 0 bridgehead atoms. The lowest BCUT2D eigenvalue weighted by atomic mass is 9.77. The van der Waals surface area contributed by atoms with E-state index in [0.717, 1.165) is 26.1 Å². The number of ether oxygens (including phenoxy) is 1. The van der Waals surface area contributed by atoms with Crippen molar-refractivity contribution in [2.24, 2.45) is 16.5 Å². The first-order valence-corrected chi connectivity index (χ1v) is 6.51. The number of carbonyl (C=O) groups excluding carboxylic acids is 1. The molecule has 6 nitrogen and oxygen atoms in total. The van der Waals surface area contributed by atoms with E-state index in [-0.39, 0.29) is 0 Å². The highest BCUT2D eigenvalue weighted by Crippen LogP contribution is 2.50. The molecule has 2 rings (SSSR count). The van der Waals surface area contributed by atoms with Crippen LogP contribution in [0.3, 0.4) is 0 Å². The fourth-order valence-corrected chi connectivity index (χ4v) is 2.44.